The molecule has 0 saturated heterocycles. The fourth-order valence-corrected chi connectivity index (χ4v) is 6.95. The Hall–Kier alpha value is -6.11. The highest BCUT2D eigenvalue weighted by Crippen LogP contribution is 2.36. The number of fused-ring (bicyclic) bond motifs is 1. The maximum atomic E-state index is 13.7. The van der Waals surface area contributed by atoms with E-state index in [2.05, 4.69) is 45.2 Å². The molecule has 1 aromatic heterocycles. The summed E-state index contributed by atoms with van der Waals surface area (Å²) >= 11 is 2.75. The lowest BCUT2D eigenvalue weighted by Crippen LogP contribution is -2.30. The van der Waals surface area contributed by atoms with E-state index in [4.69, 9.17) is 14.2 Å². The maximum Gasteiger partial charge on any atom is 0.272 e. The van der Waals surface area contributed by atoms with E-state index in [0.29, 0.717) is 39.2 Å². The molecule has 0 radical (unpaired) electrons. The number of benzene rings is 5. The average molecular weight is 745 g/mol. The van der Waals surface area contributed by atoms with Crippen molar-refractivity contribution in [3.8, 4) is 28.5 Å². The number of methoxy groups -OCH3 is 3. The minimum atomic E-state index is -0.564. The van der Waals surface area contributed by atoms with Crippen molar-refractivity contribution < 1.29 is 28.6 Å². The Labute approximate surface area is 315 Å². The molecule has 268 valence electrons. The largest absolute Gasteiger partial charge is 0.496 e. The molecule has 1 unspecified atom stereocenters. The molecule has 0 bridgehead atoms. The fraction of sp³-hybridized carbons (Fsp3) is 0.122. The van der Waals surface area contributed by atoms with Crippen molar-refractivity contribution >= 4 is 68.5 Å². The minimum Gasteiger partial charge on any atom is -0.496 e. The number of aromatic nitrogens is 1. The lowest BCUT2D eigenvalue weighted by atomic mass is 10.1. The molecule has 12 heteroatoms. The first-order valence-electron chi connectivity index (χ1n) is 16.5. The summed E-state index contributed by atoms with van der Waals surface area (Å²) in [4.78, 5) is 45.4. The monoisotopic (exact) mass is 744 g/mol. The molecule has 1 heterocycles. The number of thioether (sulfide) groups is 1. The van der Waals surface area contributed by atoms with Gasteiger partial charge in [0, 0.05) is 38.7 Å². The summed E-state index contributed by atoms with van der Waals surface area (Å²) in [5.74, 6) is 0.0591. The predicted octanol–water partition coefficient (Wildman–Crippen LogP) is 8.52. The van der Waals surface area contributed by atoms with Crippen LogP contribution in [0.4, 0.5) is 10.8 Å². The summed E-state index contributed by atoms with van der Waals surface area (Å²) in [5, 5.41) is 12.8. The number of ether oxygens (including phenoxy) is 3. The number of carbonyl (C=O) groups excluding carboxylic acids is 3. The highest BCUT2D eigenvalue weighted by molar-refractivity contribution is 8.00. The first kappa shape index (κ1) is 36.7. The third kappa shape index (κ3) is 9.04. The molecule has 0 saturated carbocycles. The van der Waals surface area contributed by atoms with Gasteiger partial charge in [0.15, 0.2) is 16.6 Å². The van der Waals surface area contributed by atoms with Gasteiger partial charge in [0.2, 0.25) is 5.91 Å². The number of rotatable bonds is 13. The zero-order chi connectivity index (χ0) is 37.3. The first-order chi connectivity index (χ1) is 25.7. The molecule has 6 aromatic rings. The Morgan fingerprint density at radius 2 is 1.43 bits per heavy atom. The molecule has 53 heavy (non-hydrogen) atoms. The van der Waals surface area contributed by atoms with Gasteiger partial charge in [0.25, 0.3) is 11.8 Å². The van der Waals surface area contributed by atoms with E-state index in [1.807, 2.05) is 42.6 Å². The Morgan fingerprint density at radius 1 is 0.755 bits per heavy atom. The number of nitrogens with zero attached hydrogens (tertiary/aromatic N) is 1. The molecule has 6 rings (SSSR count). The quantitative estimate of drug-likeness (QED) is 0.0794. The summed E-state index contributed by atoms with van der Waals surface area (Å²) in [7, 11) is 4.50. The molecular formula is C41H36N4O6S2. The predicted molar refractivity (Wildman–Crippen MR) is 212 cm³/mol. The van der Waals surface area contributed by atoms with Gasteiger partial charge in [-0.2, -0.15) is 0 Å². The summed E-state index contributed by atoms with van der Waals surface area (Å²) in [6, 6.07) is 33.3. The van der Waals surface area contributed by atoms with E-state index in [-0.39, 0.29) is 11.6 Å². The van der Waals surface area contributed by atoms with E-state index in [0.717, 1.165) is 26.9 Å². The number of hydrogen-bond donors (Lipinski definition) is 3. The second kappa shape index (κ2) is 16.9. The van der Waals surface area contributed by atoms with E-state index in [1.54, 1.807) is 54.6 Å². The second-order valence-corrected chi connectivity index (χ2v) is 13.9. The van der Waals surface area contributed by atoms with Crippen LogP contribution in [-0.2, 0) is 9.59 Å². The molecule has 10 nitrogen and oxygen atoms in total. The molecule has 5 aromatic carbocycles. The van der Waals surface area contributed by atoms with Crippen LogP contribution in [0.2, 0.25) is 0 Å². The maximum absolute atomic E-state index is 13.7. The topological polar surface area (TPSA) is 128 Å². The van der Waals surface area contributed by atoms with Gasteiger partial charge in [-0.15, -0.1) is 23.1 Å². The van der Waals surface area contributed by atoms with Crippen molar-refractivity contribution in [2.75, 3.05) is 32.0 Å². The van der Waals surface area contributed by atoms with Gasteiger partial charge >= 0.3 is 0 Å². The fourth-order valence-electron chi connectivity index (χ4n) is 5.36. The van der Waals surface area contributed by atoms with Gasteiger partial charge in [0.05, 0.1) is 32.3 Å². The first-order valence-corrected chi connectivity index (χ1v) is 18.2. The van der Waals surface area contributed by atoms with Crippen molar-refractivity contribution in [2.24, 2.45) is 0 Å². The Morgan fingerprint density at radius 3 is 2.15 bits per heavy atom. The second-order valence-electron chi connectivity index (χ2n) is 11.7. The van der Waals surface area contributed by atoms with E-state index in [9.17, 15) is 14.4 Å². The lowest BCUT2D eigenvalue weighted by molar-refractivity contribution is -0.115. The average Bonchev–Trinajstić information content (AvgIpc) is 3.66. The van der Waals surface area contributed by atoms with Crippen LogP contribution in [0.15, 0.2) is 125 Å². The minimum absolute atomic E-state index is 0.0286. The van der Waals surface area contributed by atoms with Crippen LogP contribution in [0.1, 0.15) is 22.8 Å². The molecule has 0 aliphatic rings. The lowest BCUT2D eigenvalue weighted by Gasteiger charge is -2.15. The summed E-state index contributed by atoms with van der Waals surface area (Å²) in [6.07, 6.45) is 1.51. The van der Waals surface area contributed by atoms with Crippen LogP contribution in [0.5, 0.6) is 17.2 Å². The Bertz CT molecular complexity index is 2290. The Kier molecular flexibility index (Phi) is 11.7. The number of anilines is 2. The van der Waals surface area contributed by atoms with Gasteiger partial charge < -0.3 is 30.2 Å². The summed E-state index contributed by atoms with van der Waals surface area (Å²) in [6.45, 7) is 1.82. The van der Waals surface area contributed by atoms with Gasteiger partial charge in [0.1, 0.15) is 11.4 Å². The normalized spacial score (nSPS) is 11.7. The van der Waals surface area contributed by atoms with Crippen LogP contribution in [-0.4, -0.2) is 49.3 Å². The number of nitrogens with one attached hydrogen (secondary N) is 3. The van der Waals surface area contributed by atoms with Crippen molar-refractivity contribution in [1.29, 1.82) is 0 Å². The van der Waals surface area contributed by atoms with E-state index in [1.165, 1.54) is 50.5 Å². The van der Waals surface area contributed by atoms with Crippen molar-refractivity contribution in [1.82, 2.24) is 10.3 Å². The molecule has 0 fully saturated rings. The standard InChI is InChI=1S/C41H36N4O6S2/c1-25(38(46)45-41-44-34(24-52-41)29-15-14-26-10-8-9-13-28(26)20-29)53-32-18-16-31(17-19-32)42-40(48)33(43-39(47)27-11-6-5-7-12-27)21-30-22-36(50-3)37(51-4)23-35(30)49-2/h5-25H,1-4H3,(H,42,48)(H,43,47)(H,44,45,46)/b33-21-. The summed E-state index contributed by atoms with van der Waals surface area (Å²) < 4.78 is 16.4. The smallest absolute Gasteiger partial charge is 0.272 e. The number of amides is 3. The van der Waals surface area contributed by atoms with Crippen LogP contribution in [0.3, 0.4) is 0 Å². The molecule has 0 aliphatic carbocycles. The van der Waals surface area contributed by atoms with Crippen molar-refractivity contribution in [2.45, 2.75) is 17.1 Å². The van der Waals surface area contributed by atoms with Gasteiger partial charge in [-0.3, -0.25) is 14.4 Å². The molecule has 0 aliphatic heterocycles. The van der Waals surface area contributed by atoms with Crippen LogP contribution >= 0.6 is 23.1 Å². The highest BCUT2D eigenvalue weighted by atomic mass is 32.2. The number of thiazole rings is 1. The zero-order valence-electron chi connectivity index (χ0n) is 29.3. The summed E-state index contributed by atoms with van der Waals surface area (Å²) in [5.41, 5.74) is 3.10. The SMILES string of the molecule is COc1cc(OC)c(OC)cc1/C=C(\NC(=O)c1ccccc1)C(=O)Nc1ccc(SC(C)C(=O)Nc2nc(-c3ccc4ccccc4c3)cs2)cc1. The van der Waals surface area contributed by atoms with E-state index >= 15 is 0 Å². The van der Waals surface area contributed by atoms with Crippen molar-refractivity contribution in [3.05, 3.63) is 131 Å². The third-order valence-corrected chi connectivity index (χ3v) is 10.0. The van der Waals surface area contributed by atoms with E-state index < -0.39 is 17.1 Å². The van der Waals surface area contributed by atoms with Gasteiger partial charge in [-0.25, -0.2) is 4.98 Å². The van der Waals surface area contributed by atoms with Crippen LogP contribution in [0.25, 0.3) is 28.1 Å². The van der Waals surface area contributed by atoms with Gasteiger partial charge in [-0.1, -0.05) is 54.6 Å². The molecule has 0 spiro atoms. The third-order valence-electron chi connectivity index (χ3n) is 8.14. The Balaban J connectivity index is 1.12. The van der Waals surface area contributed by atoms with Gasteiger partial charge in [-0.05, 0) is 72.3 Å². The zero-order valence-corrected chi connectivity index (χ0v) is 31.0. The van der Waals surface area contributed by atoms with Crippen molar-refractivity contribution in [3.63, 3.8) is 0 Å². The molecule has 3 N–H and O–H groups in total. The van der Waals surface area contributed by atoms with Crippen LogP contribution < -0.4 is 30.2 Å². The van der Waals surface area contributed by atoms with Crippen LogP contribution in [0, 0.1) is 0 Å². The molecule has 3 amide bonds. The highest BCUT2D eigenvalue weighted by Gasteiger charge is 2.20. The number of carbonyl (C=O) groups is 3. The molecular weight excluding hydrogens is 709 g/mol. The number of hydrogen-bond acceptors (Lipinski definition) is 9. The molecule has 1 atom stereocenters.